The monoisotopic (exact) mass is 403 g/mol. The maximum absolute atomic E-state index is 13.3. The van der Waals surface area contributed by atoms with Crippen LogP contribution in [0.15, 0.2) is 59.4 Å². The summed E-state index contributed by atoms with van der Waals surface area (Å²) in [5.74, 6) is 0.491. The molecule has 4 rings (SSSR count). The Kier molecular flexibility index (Phi) is 5.30. The Morgan fingerprint density at radius 3 is 2.67 bits per heavy atom. The van der Waals surface area contributed by atoms with Crippen LogP contribution in [0, 0.1) is 0 Å². The summed E-state index contributed by atoms with van der Waals surface area (Å²) < 4.78 is 6.45. The lowest BCUT2D eigenvalue weighted by Gasteiger charge is -2.14. The summed E-state index contributed by atoms with van der Waals surface area (Å²) >= 11 is 0. The van der Waals surface area contributed by atoms with Gasteiger partial charge in [0.15, 0.2) is 11.3 Å². The summed E-state index contributed by atoms with van der Waals surface area (Å²) in [6.07, 6.45) is 1.59. The van der Waals surface area contributed by atoms with Crippen LogP contribution < -0.4 is 15.7 Å². The van der Waals surface area contributed by atoms with Crippen molar-refractivity contribution in [1.82, 2.24) is 19.9 Å². The second kappa shape index (κ2) is 8.20. The first-order chi connectivity index (χ1) is 14.6. The molecule has 4 aromatic rings. The van der Waals surface area contributed by atoms with Crippen LogP contribution >= 0.6 is 0 Å². The quantitative estimate of drug-likeness (QED) is 0.515. The maximum atomic E-state index is 13.3. The molecular formula is C22H21N5O3. The van der Waals surface area contributed by atoms with Gasteiger partial charge in [0.25, 0.3) is 5.91 Å². The molecule has 0 atom stereocenters. The molecular weight excluding hydrogens is 382 g/mol. The Bertz CT molecular complexity index is 1260. The smallest absolute Gasteiger partial charge is 0.301 e. The Labute approximate surface area is 172 Å². The maximum Gasteiger partial charge on any atom is 0.301 e. The SMILES string of the molecule is CCCc1[nH]nc2c(=O)n(NC(=O)c3ccccc3)c(-c3cccc(OC)c3)nc12. The number of aromatic amines is 1. The Morgan fingerprint density at radius 1 is 1.13 bits per heavy atom. The molecule has 0 spiro atoms. The summed E-state index contributed by atoms with van der Waals surface area (Å²) in [5, 5.41) is 7.05. The third-order valence-electron chi connectivity index (χ3n) is 4.73. The molecule has 2 heterocycles. The fourth-order valence-electron chi connectivity index (χ4n) is 3.24. The zero-order chi connectivity index (χ0) is 21.1. The minimum atomic E-state index is -0.458. The van der Waals surface area contributed by atoms with Gasteiger partial charge in [-0.2, -0.15) is 9.77 Å². The van der Waals surface area contributed by atoms with E-state index in [4.69, 9.17) is 9.72 Å². The number of hydrogen-bond donors (Lipinski definition) is 2. The molecule has 0 radical (unpaired) electrons. The molecule has 0 unspecified atom stereocenters. The van der Waals surface area contributed by atoms with E-state index in [9.17, 15) is 9.59 Å². The second-order valence-corrected chi connectivity index (χ2v) is 6.76. The van der Waals surface area contributed by atoms with Gasteiger partial charge in [-0.1, -0.05) is 43.7 Å². The van der Waals surface area contributed by atoms with E-state index in [0.29, 0.717) is 34.6 Å². The van der Waals surface area contributed by atoms with E-state index in [2.05, 4.69) is 15.6 Å². The van der Waals surface area contributed by atoms with Crippen LogP contribution in [-0.4, -0.2) is 32.9 Å². The van der Waals surface area contributed by atoms with Crippen molar-refractivity contribution in [2.45, 2.75) is 19.8 Å². The summed E-state index contributed by atoms with van der Waals surface area (Å²) in [7, 11) is 1.56. The highest BCUT2D eigenvalue weighted by Crippen LogP contribution is 2.23. The van der Waals surface area contributed by atoms with Gasteiger partial charge in [0, 0.05) is 11.1 Å². The van der Waals surface area contributed by atoms with Crippen molar-refractivity contribution >= 4 is 16.9 Å². The number of amides is 1. The van der Waals surface area contributed by atoms with Crippen LogP contribution in [0.4, 0.5) is 0 Å². The number of fused-ring (bicyclic) bond motifs is 1. The largest absolute Gasteiger partial charge is 0.497 e. The molecule has 30 heavy (non-hydrogen) atoms. The van der Waals surface area contributed by atoms with Gasteiger partial charge >= 0.3 is 5.56 Å². The number of nitrogens with one attached hydrogen (secondary N) is 2. The van der Waals surface area contributed by atoms with Crippen molar-refractivity contribution in [1.29, 1.82) is 0 Å². The molecule has 0 aliphatic rings. The first-order valence-electron chi connectivity index (χ1n) is 9.63. The molecule has 0 fully saturated rings. The van der Waals surface area contributed by atoms with Crippen LogP contribution in [0.1, 0.15) is 29.4 Å². The summed E-state index contributed by atoms with van der Waals surface area (Å²) in [6.45, 7) is 2.04. The topological polar surface area (TPSA) is 102 Å². The van der Waals surface area contributed by atoms with E-state index in [1.54, 1.807) is 55.6 Å². The van der Waals surface area contributed by atoms with Crippen LogP contribution in [-0.2, 0) is 6.42 Å². The van der Waals surface area contributed by atoms with Crippen molar-refractivity contribution in [3.63, 3.8) is 0 Å². The predicted octanol–water partition coefficient (Wildman–Crippen LogP) is 3.13. The van der Waals surface area contributed by atoms with E-state index < -0.39 is 11.5 Å². The lowest BCUT2D eigenvalue weighted by atomic mass is 10.2. The second-order valence-electron chi connectivity index (χ2n) is 6.76. The van der Waals surface area contributed by atoms with Crippen LogP contribution in [0.3, 0.4) is 0 Å². The molecule has 1 amide bonds. The van der Waals surface area contributed by atoms with Crippen molar-refractivity contribution < 1.29 is 9.53 Å². The molecule has 2 aromatic carbocycles. The number of rotatable bonds is 6. The number of carbonyl (C=O) groups is 1. The van der Waals surface area contributed by atoms with Gasteiger partial charge in [-0.25, -0.2) is 4.98 Å². The minimum absolute atomic E-state index is 0.179. The number of carbonyl (C=O) groups excluding carboxylic acids is 1. The van der Waals surface area contributed by atoms with Crippen molar-refractivity contribution in [2.24, 2.45) is 0 Å². The Hall–Kier alpha value is -3.94. The number of ether oxygens (including phenoxy) is 1. The number of nitrogens with zero attached hydrogens (tertiary/aromatic N) is 3. The first-order valence-corrected chi connectivity index (χ1v) is 9.63. The van der Waals surface area contributed by atoms with Crippen molar-refractivity contribution in [3.8, 4) is 17.1 Å². The molecule has 0 bridgehead atoms. The Balaban J connectivity index is 1.91. The summed E-state index contributed by atoms with van der Waals surface area (Å²) in [4.78, 5) is 30.7. The molecule has 0 saturated heterocycles. The van der Waals surface area contributed by atoms with E-state index in [-0.39, 0.29) is 5.52 Å². The number of hydrogen-bond acceptors (Lipinski definition) is 5. The minimum Gasteiger partial charge on any atom is -0.497 e. The van der Waals surface area contributed by atoms with Gasteiger partial charge in [-0.05, 0) is 30.7 Å². The van der Waals surface area contributed by atoms with Crippen LogP contribution in [0.2, 0.25) is 0 Å². The third-order valence-corrected chi connectivity index (χ3v) is 4.73. The lowest BCUT2D eigenvalue weighted by molar-refractivity contribution is 0.101. The zero-order valence-electron chi connectivity index (χ0n) is 16.7. The highest BCUT2D eigenvalue weighted by molar-refractivity contribution is 6.00. The molecule has 8 nitrogen and oxygen atoms in total. The fraction of sp³-hybridized carbons (Fsp3) is 0.182. The highest BCUT2D eigenvalue weighted by Gasteiger charge is 2.20. The number of aromatic nitrogens is 4. The number of aryl methyl sites for hydroxylation is 1. The van der Waals surface area contributed by atoms with E-state index >= 15 is 0 Å². The van der Waals surface area contributed by atoms with Crippen LogP contribution in [0.25, 0.3) is 22.4 Å². The number of H-pyrrole nitrogens is 1. The molecule has 8 heteroatoms. The summed E-state index contributed by atoms with van der Waals surface area (Å²) in [5.41, 5.74) is 4.74. The zero-order valence-corrected chi connectivity index (χ0v) is 16.7. The van der Waals surface area contributed by atoms with Gasteiger partial charge in [0.1, 0.15) is 11.3 Å². The average molecular weight is 403 g/mol. The molecule has 0 saturated carbocycles. The van der Waals surface area contributed by atoms with E-state index in [1.165, 1.54) is 0 Å². The van der Waals surface area contributed by atoms with Gasteiger partial charge in [0.2, 0.25) is 0 Å². The van der Waals surface area contributed by atoms with Crippen molar-refractivity contribution in [2.75, 3.05) is 12.5 Å². The van der Waals surface area contributed by atoms with E-state index in [0.717, 1.165) is 16.8 Å². The van der Waals surface area contributed by atoms with Crippen molar-refractivity contribution in [3.05, 3.63) is 76.2 Å². The molecule has 152 valence electrons. The number of benzene rings is 2. The Morgan fingerprint density at radius 2 is 1.93 bits per heavy atom. The summed E-state index contributed by atoms with van der Waals surface area (Å²) in [6, 6.07) is 15.8. The molecule has 2 N–H and O–H groups in total. The van der Waals surface area contributed by atoms with E-state index in [1.807, 2.05) is 13.0 Å². The molecule has 0 aliphatic carbocycles. The lowest BCUT2D eigenvalue weighted by Crippen LogP contribution is -2.35. The highest BCUT2D eigenvalue weighted by atomic mass is 16.5. The van der Waals surface area contributed by atoms with Gasteiger partial charge in [-0.15, -0.1) is 0 Å². The third kappa shape index (κ3) is 3.55. The number of methoxy groups -OCH3 is 1. The first kappa shape index (κ1) is 19.4. The molecule has 2 aromatic heterocycles. The fourth-order valence-corrected chi connectivity index (χ4v) is 3.24. The normalized spacial score (nSPS) is 10.9. The molecule has 0 aliphatic heterocycles. The average Bonchev–Trinajstić information content (AvgIpc) is 3.19. The predicted molar refractivity (Wildman–Crippen MR) is 114 cm³/mol. The van der Waals surface area contributed by atoms with Crippen LogP contribution in [0.5, 0.6) is 5.75 Å². The standard InChI is InChI=1S/C22H21N5O3/c1-3-8-17-18-19(25-24-17)22(29)27(26-21(28)14-9-5-4-6-10-14)20(23-18)15-11-7-12-16(13-15)30-2/h4-7,9-13H,3,8H2,1-2H3,(H,24,25)(H,26,28). The van der Waals surface area contributed by atoms with Gasteiger partial charge in [-0.3, -0.25) is 20.1 Å². The van der Waals surface area contributed by atoms with Gasteiger partial charge in [0.05, 0.1) is 12.8 Å². The van der Waals surface area contributed by atoms with Gasteiger partial charge < -0.3 is 4.74 Å².